The summed E-state index contributed by atoms with van der Waals surface area (Å²) in [4.78, 5) is 11.8. The molecule has 1 aromatic heterocycles. The number of anilines is 1. The van der Waals surface area contributed by atoms with Crippen molar-refractivity contribution in [2.75, 3.05) is 17.6 Å². The van der Waals surface area contributed by atoms with Gasteiger partial charge in [-0.15, -0.1) is 5.10 Å². The molecule has 0 unspecified atom stereocenters. The van der Waals surface area contributed by atoms with Gasteiger partial charge in [0.05, 0.1) is 13.0 Å². The lowest BCUT2D eigenvalue weighted by atomic mass is 10.3. The molecule has 0 aliphatic heterocycles. The van der Waals surface area contributed by atoms with Crippen LogP contribution in [0.1, 0.15) is 5.89 Å². The predicted molar refractivity (Wildman–Crippen MR) is 80.6 cm³/mol. The minimum absolute atomic E-state index is 0.182. The van der Waals surface area contributed by atoms with Crippen LogP contribution in [0.15, 0.2) is 38.4 Å². The maximum atomic E-state index is 12.0. The molecular formula is C12H14BrN4O4S+. The molecule has 0 bridgehead atoms. The Hall–Kier alpha value is -1.78. The smallest absolute Gasteiger partial charge is 0.336 e. The van der Waals surface area contributed by atoms with Crippen LogP contribution in [0.2, 0.25) is 0 Å². The Labute approximate surface area is 135 Å². The van der Waals surface area contributed by atoms with Crippen molar-refractivity contribution in [3.8, 4) is 0 Å². The van der Waals surface area contributed by atoms with Gasteiger partial charge in [0.15, 0.2) is 0 Å². The monoisotopic (exact) mass is 389 g/mol. The first kappa shape index (κ1) is 16.6. The number of hydrogen-bond acceptors (Lipinski definition) is 6. The second kappa shape index (κ2) is 6.99. The molecule has 118 valence electrons. The van der Waals surface area contributed by atoms with Crippen LogP contribution in [0, 0.1) is 0 Å². The van der Waals surface area contributed by atoms with Gasteiger partial charge in [0.2, 0.25) is 21.6 Å². The summed E-state index contributed by atoms with van der Waals surface area (Å²) in [5.74, 6) is -1.27. The third-order valence-corrected chi connectivity index (χ3v) is 4.42. The maximum absolute atomic E-state index is 12.0. The van der Waals surface area contributed by atoms with Crippen molar-refractivity contribution < 1.29 is 23.4 Å². The lowest BCUT2D eigenvalue weighted by Crippen LogP contribution is -2.51. The molecular weight excluding hydrogens is 376 g/mol. The van der Waals surface area contributed by atoms with Crippen LogP contribution >= 0.6 is 15.9 Å². The van der Waals surface area contributed by atoms with E-state index in [0.29, 0.717) is 18.7 Å². The topological polar surface area (TPSA) is 130 Å². The van der Waals surface area contributed by atoms with Crippen molar-refractivity contribution >= 4 is 37.4 Å². The number of amides is 1. The molecule has 2 rings (SSSR count). The van der Waals surface area contributed by atoms with Crippen molar-refractivity contribution in [1.82, 2.24) is 10.2 Å². The minimum Gasteiger partial charge on any atom is -0.412 e. The number of hydrogen-bond donors (Lipinski definition) is 2. The fraction of sp³-hybridized carbons (Fsp3) is 0.250. The fourth-order valence-electron chi connectivity index (χ4n) is 1.58. The third-order valence-electron chi connectivity index (χ3n) is 2.55. The van der Waals surface area contributed by atoms with E-state index in [9.17, 15) is 13.2 Å². The van der Waals surface area contributed by atoms with Gasteiger partial charge >= 0.3 is 5.22 Å². The van der Waals surface area contributed by atoms with Crippen LogP contribution in [0.3, 0.4) is 0 Å². The van der Waals surface area contributed by atoms with Gasteiger partial charge in [0.25, 0.3) is 0 Å². The van der Waals surface area contributed by atoms with Gasteiger partial charge in [0.1, 0.15) is 5.75 Å². The molecule has 8 nitrogen and oxygen atoms in total. The number of aromatic nitrogens is 2. The van der Waals surface area contributed by atoms with E-state index in [1.807, 2.05) is 0 Å². The first-order chi connectivity index (χ1) is 10.4. The molecule has 22 heavy (non-hydrogen) atoms. The molecule has 0 radical (unpaired) electrons. The van der Waals surface area contributed by atoms with E-state index in [0.717, 1.165) is 4.47 Å². The number of halogens is 1. The molecule has 0 aliphatic rings. The van der Waals surface area contributed by atoms with Gasteiger partial charge in [-0.2, -0.15) is 0 Å². The maximum Gasteiger partial charge on any atom is 0.336 e. The summed E-state index contributed by atoms with van der Waals surface area (Å²) in [7, 11) is -3.97. The van der Waals surface area contributed by atoms with Crippen LogP contribution in [0.4, 0.5) is 5.69 Å². The zero-order chi connectivity index (χ0) is 16.2. The lowest BCUT2D eigenvalue weighted by molar-refractivity contribution is -0.367. The molecule has 1 heterocycles. The Morgan fingerprint density at radius 1 is 1.27 bits per heavy atom. The summed E-state index contributed by atoms with van der Waals surface area (Å²) < 4.78 is 29.9. The number of carbonyl (C=O) groups excluding carboxylic acids is 1. The van der Waals surface area contributed by atoms with Crippen molar-refractivity contribution in [1.29, 1.82) is 0 Å². The van der Waals surface area contributed by atoms with E-state index in [1.165, 1.54) is 0 Å². The van der Waals surface area contributed by atoms with E-state index in [1.54, 1.807) is 24.3 Å². The number of rotatable bonds is 6. The number of quaternary nitrogens is 1. The van der Waals surface area contributed by atoms with Gasteiger partial charge in [-0.1, -0.05) is 21.0 Å². The van der Waals surface area contributed by atoms with Gasteiger partial charge in [-0.25, -0.2) is 8.42 Å². The Morgan fingerprint density at radius 3 is 2.59 bits per heavy atom. The highest BCUT2D eigenvalue weighted by Crippen LogP contribution is 2.15. The second-order valence-electron chi connectivity index (χ2n) is 4.38. The molecule has 0 saturated heterocycles. The van der Waals surface area contributed by atoms with Gasteiger partial charge in [0, 0.05) is 10.2 Å². The Kier molecular flexibility index (Phi) is 5.27. The molecule has 0 atom stereocenters. The van der Waals surface area contributed by atoms with E-state index < -0.39 is 26.7 Å². The molecule has 4 N–H and O–H groups in total. The van der Waals surface area contributed by atoms with Crippen molar-refractivity contribution in [3.05, 3.63) is 34.6 Å². The summed E-state index contributed by atoms with van der Waals surface area (Å²) >= 11 is 3.27. The number of sulfone groups is 1. The quantitative estimate of drug-likeness (QED) is 0.716. The average molecular weight is 390 g/mol. The Morgan fingerprint density at radius 2 is 1.95 bits per heavy atom. The van der Waals surface area contributed by atoms with E-state index >= 15 is 0 Å². The van der Waals surface area contributed by atoms with Crippen LogP contribution in [0.5, 0.6) is 0 Å². The molecule has 2 aromatic rings. The highest BCUT2D eigenvalue weighted by molar-refractivity contribution is 9.10. The third kappa shape index (κ3) is 4.36. The van der Waals surface area contributed by atoms with Crippen LogP contribution in [-0.2, 0) is 21.1 Å². The standard InChI is InChI=1S/C12H13BrN4O4S/c13-8-1-3-9(4-2-8)15-10(18)7-22(19,20)12-17-16-11(21-12)5-6-14/h1-4H,5-7,14H2,(H,15,18)/p+1. The van der Waals surface area contributed by atoms with Gasteiger partial charge in [-0.05, 0) is 24.3 Å². The zero-order valence-corrected chi connectivity index (χ0v) is 13.9. The molecule has 1 aromatic carbocycles. The van der Waals surface area contributed by atoms with Gasteiger partial charge in [-0.3, -0.25) is 4.79 Å². The summed E-state index contributed by atoms with van der Waals surface area (Å²) in [5.41, 5.74) is 4.10. The largest absolute Gasteiger partial charge is 0.412 e. The average Bonchev–Trinajstić information content (AvgIpc) is 2.91. The summed E-state index contributed by atoms with van der Waals surface area (Å²) in [5, 5.41) is 8.99. The van der Waals surface area contributed by atoms with Crippen LogP contribution in [0.25, 0.3) is 0 Å². The van der Waals surface area contributed by atoms with Crippen molar-refractivity contribution in [2.24, 2.45) is 0 Å². The van der Waals surface area contributed by atoms with E-state index in [-0.39, 0.29) is 5.89 Å². The highest BCUT2D eigenvalue weighted by atomic mass is 79.9. The zero-order valence-electron chi connectivity index (χ0n) is 11.5. The van der Waals surface area contributed by atoms with E-state index in [2.05, 4.69) is 37.2 Å². The molecule has 0 saturated carbocycles. The van der Waals surface area contributed by atoms with Gasteiger partial charge < -0.3 is 15.5 Å². The Bertz CT molecular complexity index is 758. The second-order valence-corrected chi connectivity index (χ2v) is 7.16. The Balaban J connectivity index is 2.04. The molecule has 1 amide bonds. The summed E-state index contributed by atoms with van der Waals surface area (Å²) in [6.07, 6.45) is 0.383. The lowest BCUT2D eigenvalue weighted by Gasteiger charge is -2.04. The van der Waals surface area contributed by atoms with Crippen LogP contribution in [-0.4, -0.2) is 36.8 Å². The highest BCUT2D eigenvalue weighted by Gasteiger charge is 2.26. The number of benzene rings is 1. The first-order valence-corrected chi connectivity index (χ1v) is 8.75. The molecule has 0 spiro atoms. The predicted octanol–water partition coefficient (Wildman–Crippen LogP) is 0.0289. The van der Waals surface area contributed by atoms with Crippen molar-refractivity contribution in [2.45, 2.75) is 11.6 Å². The first-order valence-electron chi connectivity index (χ1n) is 6.30. The SMILES string of the molecule is [NH3+]CCc1nnc(S(=O)(=O)CC(=O)Nc2ccc(Br)cc2)o1. The molecule has 10 heteroatoms. The van der Waals surface area contributed by atoms with E-state index in [4.69, 9.17) is 4.42 Å². The summed E-state index contributed by atoms with van der Waals surface area (Å²) in [6.45, 7) is 0.506. The number of carbonyl (C=O) groups is 1. The normalized spacial score (nSPS) is 11.4. The van der Waals surface area contributed by atoms with Crippen molar-refractivity contribution in [3.63, 3.8) is 0 Å². The molecule has 0 fully saturated rings. The fourth-order valence-corrected chi connectivity index (χ4v) is 2.77. The number of nitrogens with one attached hydrogen (secondary N) is 1. The minimum atomic E-state index is -3.97. The number of nitrogens with zero attached hydrogens (tertiary/aromatic N) is 2. The summed E-state index contributed by atoms with van der Waals surface area (Å²) in [6, 6.07) is 6.75. The van der Waals surface area contributed by atoms with Crippen LogP contribution < -0.4 is 11.1 Å². The molecule has 0 aliphatic carbocycles.